The Hall–Kier alpha value is -2.16. The van der Waals surface area contributed by atoms with Gasteiger partial charge in [-0.1, -0.05) is 30.3 Å². The molecule has 2 N–H and O–H groups in total. The molecule has 20 heavy (non-hydrogen) atoms. The SMILES string of the molecule is CC(O)(CNC(=O)c1sccc1C#N)c1ccccc1. The average Bonchev–Trinajstić information content (AvgIpc) is 2.94. The van der Waals surface area contributed by atoms with Crippen LogP contribution in [0.5, 0.6) is 0 Å². The van der Waals surface area contributed by atoms with Gasteiger partial charge in [0.2, 0.25) is 0 Å². The third kappa shape index (κ3) is 3.05. The van der Waals surface area contributed by atoms with Gasteiger partial charge in [-0.25, -0.2) is 0 Å². The second-order valence-corrected chi connectivity index (χ2v) is 5.51. The van der Waals surface area contributed by atoms with Gasteiger partial charge in [-0.3, -0.25) is 4.79 Å². The van der Waals surface area contributed by atoms with E-state index in [-0.39, 0.29) is 12.5 Å². The molecule has 1 amide bonds. The van der Waals surface area contributed by atoms with Crippen molar-refractivity contribution in [1.82, 2.24) is 5.32 Å². The lowest BCUT2D eigenvalue weighted by atomic mass is 9.96. The van der Waals surface area contributed by atoms with Gasteiger partial charge in [0.05, 0.1) is 12.1 Å². The Morgan fingerprint density at radius 1 is 1.40 bits per heavy atom. The van der Waals surface area contributed by atoms with Crippen LogP contribution in [-0.2, 0) is 5.60 Å². The van der Waals surface area contributed by atoms with E-state index in [9.17, 15) is 9.90 Å². The number of hydrogen-bond acceptors (Lipinski definition) is 4. The van der Waals surface area contributed by atoms with Crippen molar-refractivity contribution >= 4 is 17.2 Å². The highest BCUT2D eigenvalue weighted by molar-refractivity contribution is 7.12. The topological polar surface area (TPSA) is 73.1 Å². The van der Waals surface area contributed by atoms with Crippen molar-refractivity contribution in [3.05, 3.63) is 57.8 Å². The zero-order valence-corrected chi connectivity index (χ0v) is 11.8. The second kappa shape index (κ2) is 5.87. The number of hydrogen-bond donors (Lipinski definition) is 2. The largest absolute Gasteiger partial charge is 0.384 e. The molecule has 5 heteroatoms. The Labute approximate surface area is 121 Å². The first kappa shape index (κ1) is 14.3. The molecule has 1 atom stereocenters. The molecule has 4 nitrogen and oxygen atoms in total. The van der Waals surface area contributed by atoms with Gasteiger partial charge in [-0.15, -0.1) is 11.3 Å². The smallest absolute Gasteiger partial charge is 0.262 e. The summed E-state index contributed by atoms with van der Waals surface area (Å²) in [4.78, 5) is 12.4. The average molecular weight is 286 g/mol. The Bertz CT molecular complexity index is 641. The summed E-state index contributed by atoms with van der Waals surface area (Å²) in [5.41, 5.74) is -0.0695. The number of thiophene rings is 1. The summed E-state index contributed by atoms with van der Waals surface area (Å²) < 4.78 is 0. The summed E-state index contributed by atoms with van der Waals surface area (Å²) in [6.07, 6.45) is 0. The number of benzene rings is 1. The van der Waals surface area contributed by atoms with E-state index in [0.717, 1.165) is 5.56 Å². The van der Waals surface area contributed by atoms with Crippen LogP contribution in [0.3, 0.4) is 0 Å². The van der Waals surface area contributed by atoms with Crippen LogP contribution in [0.2, 0.25) is 0 Å². The van der Waals surface area contributed by atoms with Gasteiger partial charge >= 0.3 is 0 Å². The van der Waals surface area contributed by atoms with E-state index < -0.39 is 5.60 Å². The number of amides is 1. The summed E-state index contributed by atoms with van der Waals surface area (Å²) >= 11 is 1.21. The first-order valence-electron chi connectivity index (χ1n) is 6.08. The van der Waals surface area contributed by atoms with Crippen LogP contribution >= 0.6 is 11.3 Å². The van der Waals surface area contributed by atoms with Crippen LogP contribution in [0.25, 0.3) is 0 Å². The molecule has 0 saturated carbocycles. The first-order chi connectivity index (χ1) is 9.54. The molecule has 102 valence electrons. The minimum Gasteiger partial charge on any atom is -0.384 e. The Morgan fingerprint density at radius 3 is 2.75 bits per heavy atom. The maximum Gasteiger partial charge on any atom is 0.262 e. The van der Waals surface area contributed by atoms with Crippen LogP contribution in [-0.4, -0.2) is 17.6 Å². The lowest BCUT2D eigenvalue weighted by Crippen LogP contribution is -2.38. The van der Waals surface area contributed by atoms with Crippen molar-refractivity contribution in [3.8, 4) is 6.07 Å². The predicted molar refractivity (Wildman–Crippen MR) is 77.4 cm³/mol. The molecule has 0 radical (unpaired) electrons. The number of rotatable bonds is 4. The normalized spacial score (nSPS) is 13.2. The molecule has 0 aliphatic carbocycles. The molecule has 0 spiro atoms. The minimum atomic E-state index is -1.15. The Morgan fingerprint density at radius 2 is 2.10 bits per heavy atom. The summed E-state index contributed by atoms with van der Waals surface area (Å²) in [6.45, 7) is 1.72. The van der Waals surface area contributed by atoms with Gasteiger partial charge in [0, 0.05) is 0 Å². The zero-order chi connectivity index (χ0) is 14.6. The van der Waals surface area contributed by atoms with E-state index in [1.54, 1.807) is 30.5 Å². The molecule has 0 fully saturated rings. The number of carbonyl (C=O) groups excluding carboxylic acids is 1. The third-order valence-electron chi connectivity index (χ3n) is 2.98. The maximum atomic E-state index is 12.0. The molecular formula is C15H14N2O2S. The second-order valence-electron chi connectivity index (χ2n) is 4.60. The molecule has 0 saturated heterocycles. The maximum absolute atomic E-state index is 12.0. The van der Waals surface area contributed by atoms with Gasteiger partial charge in [-0.2, -0.15) is 5.26 Å². The number of carbonyl (C=O) groups is 1. The monoisotopic (exact) mass is 286 g/mol. The van der Waals surface area contributed by atoms with Gasteiger partial charge in [0.15, 0.2) is 0 Å². The van der Waals surface area contributed by atoms with E-state index in [1.165, 1.54) is 11.3 Å². The van der Waals surface area contributed by atoms with Gasteiger partial charge in [0.25, 0.3) is 5.91 Å². The fraction of sp³-hybridized carbons (Fsp3) is 0.200. The fourth-order valence-corrected chi connectivity index (χ4v) is 2.57. The van der Waals surface area contributed by atoms with Gasteiger partial charge < -0.3 is 10.4 Å². The molecule has 1 aromatic heterocycles. The summed E-state index contributed by atoms with van der Waals surface area (Å²) in [5, 5.41) is 23.6. The highest BCUT2D eigenvalue weighted by Crippen LogP contribution is 2.20. The van der Waals surface area contributed by atoms with E-state index >= 15 is 0 Å². The summed E-state index contributed by atoms with van der Waals surface area (Å²) in [7, 11) is 0. The first-order valence-corrected chi connectivity index (χ1v) is 6.96. The van der Waals surface area contributed by atoms with Crippen molar-refractivity contribution in [2.24, 2.45) is 0 Å². The predicted octanol–water partition coefficient (Wildman–Crippen LogP) is 2.26. The summed E-state index contributed by atoms with van der Waals surface area (Å²) in [5.74, 6) is -0.340. The fourth-order valence-electron chi connectivity index (χ4n) is 1.81. The zero-order valence-electron chi connectivity index (χ0n) is 11.0. The quantitative estimate of drug-likeness (QED) is 0.905. The Balaban J connectivity index is 2.06. The van der Waals surface area contributed by atoms with Gasteiger partial charge in [0.1, 0.15) is 16.5 Å². The van der Waals surface area contributed by atoms with Crippen LogP contribution in [0.15, 0.2) is 41.8 Å². The molecule has 0 aliphatic heterocycles. The molecule has 2 rings (SSSR count). The van der Waals surface area contributed by atoms with E-state index in [0.29, 0.717) is 10.4 Å². The molecule has 0 bridgehead atoms. The van der Waals surface area contributed by atoms with Crippen molar-refractivity contribution < 1.29 is 9.90 Å². The van der Waals surface area contributed by atoms with Crippen LogP contribution < -0.4 is 5.32 Å². The van der Waals surface area contributed by atoms with Crippen LogP contribution in [0.4, 0.5) is 0 Å². The summed E-state index contributed by atoms with van der Waals surface area (Å²) in [6, 6.07) is 12.7. The molecule has 1 aromatic carbocycles. The highest BCUT2D eigenvalue weighted by atomic mass is 32.1. The molecule has 0 aliphatic rings. The molecular weight excluding hydrogens is 272 g/mol. The van der Waals surface area contributed by atoms with Crippen molar-refractivity contribution in [3.63, 3.8) is 0 Å². The minimum absolute atomic E-state index is 0.0820. The Kier molecular flexibility index (Phi) is 4.18. The van der Waals surface area contributed by atoms with Crippen molar-refractivity contribution in [2.75, 3.05) is 6.54 Å². The van der Waals surface area contributed by atoms with Crippen molar-refractivity contribution in [2.45, 2.75) is 12.5 Å². The van der Waals surface area contributed by atoms with Crippen LogP contribution in [0.1, 0.15) is 27.7 Å². The lowest BCUT2D eigenvalue weighted by molar-refractivity contribution is 0.0527. The highest BCUT2D eigenvalue weighted by Gasteiger charge is 2.24. The molecule has 2 aromatic rings. The van der Waals surface area contributed by atoms with Crippen LogP contribution in [0, 0.1) is 11.3 Å². The lowest BCUT2D eigenvalue weighted by Gasteiger charge is -2.24. The number of nitrogens with zero attached hydrogens (tertiary/aromatic N) is 1. The molecule has 1 heterocycles. The molecule has 1 unspecified atom stereocenters. The van der Waals surface area contributed by atoms with Crippen molar-refractivity contribution in [1.29, 1.82) is 5.26 Å². The third-order valence-corrected chi connectivity index (χ3v) is 3.89. The van der Waals surface area contributed by atoms with E-state index in [1.807, 2.05) is 24.3 Å². The number of aliphatic hydroxyl groups is 1. The number of nitrogens with one attached hydrogen (secondary N) is 1. The standard InChI is InChI=1S/C15H14N2O2S/c1-15(19,12-5-3-2-4-6-12)10-17-14(18)13-11(9-16)7-8-20-13/h2-8,19H,10H2,1H3,(H,17,18). The van der Waals surface area contributed by atoms with E-state index in [2.05, 4.69) is 5.32 Å². The number of nitriles is 1. The van der Waals surface area contributed by atoms with Gasteiger partial charge in [-0.05, 0) is 23.9 Å². The van der Waals surface area contributed by atoms with E-state index in [4.69, 9.17) is 5.26 Å².